The highest BCUT2D eigenvalue weighted by Gasteiger charge is 2.60. The third-order valence-corrected chi connectivity index (χ3v) is 30.4. The van der Waals surface area contributed by atoms with Gasteiger partial charge < -0.3 is 4.98 Å². The second kappa shape index (κ2) is 9.18. The quantitative estimate of drug-likeness (QED) is 0.450. The van der Waals surface area contributed by atoms with Crippen LogP contribution in [-0.4, -0.2) is 21.4 Å². The van der Waals surface area contributed by atoms with Crippen LogP contribution >= 0.6 is 0 Å². The van der Waals surface area contributed by atoms with Gasteiger partial charge in [0.2, 0.25) is 0 Å². The molecule has 1 rings (SSSR count). The van der Waals surface area contributed by atoms with Crippen molar-refractivity contribution in [2.45, 2.75) is 123 Å². The molecule has 0 saturated heterocycles. The van der Waals surface area contributed by atoms with Crippen molar-refractivity contribution in [2.24, 2.45) is 0 Å². The van der Waals surface area contributed by atoms with Crippen LogP contribution in [0.3, 0.4) is 0 Å². The zero-order valence-corrected chi connectivity index (χ0v) is 20.1. The van der Waals surface area contributed by atoms with E-state index in [1.54, 1.807) is 5.20 Å². The second-order valence-corrected chi connectivity index (χ2v) is 23.2. The van der Waals surface area contributed by atoms with Gasteiger partial charge in [-0.3, -0.25) is 0 Å². The fourth-order valence-electron chi connectivity index (χ4n) is 6.59. The first-order valence-electron chi connectivity index (χ1n) is 10.6. The predicted octanol–water partition coefficient (Wildman–Crippen LogP) is 7.14. The van der Waals surface area contributed by atoms with Gasteiger partial charge in [-0.05, 0) is 32.7 Å². The Bertz CT molecular complexity index is 386. The third kappa shape index (κ3) is 3.78. The van der Waals surface area contributed by atoms with Crippen LogP contribution in [0.1, 0.15) is 94.4 Å². The topological polar surface area (TPSA) is 12.0 Å². The molecule has 1 unspecified atom stereocenters. The lowest BCUT2D eigenvalue weighted by Gasteiger charge is -2.57. The van der Waals surface area contributed by atoms with Crippen LogP contribution in [0.25, 0.3) is 0 Å². The van der Waals surface area contributed by atoms with E-state index < -0.39 is 15.3 Å². The normalized spacial score (nSPS) is 20.9. The Kier molecular flexibility index (Phi) is 8.48. The second-order valence-electron chi connectivity index (χ2n) is 9.11. The van der Waals surface area contributed by atoms with Crippen molar-refractivity contribution in [3.05, 3.63) is 11.3 Å². The Morgan fingerprint density at radius 3 is 1.75 bits per heavy atom. The Morgan fingerprint density at radius 1 is 0.958 bits per heavy atom. The molecule has 1 N–H and O–H groups in total. The number of allylic oxidation sites excluding steroid dienone is 2. The SMILES string of the molecule is C/C=C(\C)[Si](CC)(NC1CCCCC1)[Si](C(C)C)(C(C)C)C(C)C. The number of nitrogens with one attached hydrogen (secondary N) is 1. The van der Waals surface area contributed by atoms with Crippen LogP contribution in [0, 0.1) is 0 Å². The molecule has 0 amide bonds. The van der Waals surface area contributed by atoms with E-state index in [1.165, 1.54) is 38.1 Å². The van der Waals surface area contributed by atoms with E-state index in [-0.39, 0.29) is 0 Å². The lowest BCUT2D eigenvalue weighted by molar-refractivity contribution is 0.414. The van der Waals surface area contributed by atoms with Gasteiger partial charge in [-0.25, -0.2) is 0 Å². The van der Waals surface area contributed by atoms with Crippen molar-refractivity contribution in [1.29, 1.82) is 0 Å². The molecule has 0 aromatic heterocycles. The van der Waals surface area contributed by atoms with E-state index in [4.69, 9.17) is 0 Å². The number of hydrogen-bond donors (Lipinski definition) is 1. The van der Waals surface area contributed by atoms with Gasteiger partial charge in [0.15, 0.2) is 0 Å². The van der Waals surface area contributed by atoms with Crippen LogP contribution in [0.4, 0.5) is 0 Å². The van der Waals surface area contributed by atoms with Gasteiger partial charge in [0, 0.05) is 6.04 Å². The molecule has 0 bridgehead atoms. The maximum absolute atomic E-state index is 4.49. The first kappa shape index (κ1) is 22.2. The van der Waals surface area contributed by atoms with Gasteiger partial charge >= 0.3 is 0 Å². The van der Waals surface area contributed by atoms with E-state index >= 15 is 0 Å². The Labute approximate surface area is 155 Å². The minimum absolute atomic E-state index is 0.781. The van der Waals surface area contributed by atoms with Gasteiger partial charge in [0.05, 0.1) is 7.59 Å². The average molecular weight is 368 g/mol. The molecule has 1 aliphatic rings. The summed E-state index contributed by atoms with van der Waals surface area (Å²) in [6.07, 6.45) is 9.60. The molecule has 1 fully saturated rings. The first-order chi connectivity index (χ1) is 11.2. The molecule has 3 heteroatoms. The smallest absolute Gasteiger partial charge is 0.142 e. The molecule has 0 aromatic carbocycles. The molecule has 0 heterocycles. The van der Waals surface area contributed by atoms with Gasteiger partial charge in [0.1, 0.15) is 7.75 Å². The molecule has 0 aliphatic heterocycles. The molecule has 142 valence electrons. The minimum Gasteiger partial charge on any atom is -0.333 e. The summed E-state index contributed by atoms with van der Waals surface area (Å²) in [7, 11) is -3.20. The van der Waals surface area contributed by atoms with Crippen LogP contribution in [0.15, 0.2) is 11.3 Å². The first-order valence-corrected chi connectivity index (χ1v) is 16.1. The highest BCUT2D eigenvalue weighted by Crippen LogP contribution is 2.50. The van der Waals surface area contributed by atoms with Gasteiger partial charge in [0.25, 0.3) is 0 Å². The highest BCUT2D eigenvalue weighted by molar-refractivity contribution is 7.45. The van der Waals surface area contributed by atoms with Crippen LogP contribution in [-0.2, 0) is 0 Å². The fourth-order valence-corrected chi connectivity index (χ4v) is 32.1. The van der Waals surface area contributed by atoms with Crippen molar-refractivity contribution in [3.63, 3.8) is 0 Å². The molecular weight excluding hydrogens is 322 g/mol. The Morgan fingerprint density at radius 2 is 1.42 bits per heavy atom. The van der Waals surface area contributed by atoms with E-state index in [0.717, 1.165) is 22.7 Å². The van der Waals surface area contributed by atoms with Crippen molar-refractivity contribution in [1.82, 2.24) is 4.98 Å². The zero-order valence-electron chi connectivity index (χ0n) is 18.1. The van der Waals surface area contributed by atoms with Crippen molar-refractivity contribution in [2.75, 3.05) is 0 Å². The van der Waals surface area contributed by atoms with Gasteiger partial charge in [-0.2, -0.15) is 0 Å². The van der Waals surface area contributed by atoms with E-state index in [0.29, 0.717) is 0 Å². The fraction of sp³-hybridized carbons (Fsp3) is 0.905. The van der Waals surface area contributed by atoms with Crippen LogP contribution in [0.2, 0.25) is 22.7 Å². The van der Waals surface area contributed by atoms with Crippen molar-refractivity contribution in [3.8, 4) is 0 Å². The molecular formula is C21H45NSi2. The maximum Gasteiger partial charge on any atom is 0.142 e. The van der Waals surface area contributed by atoms with E-state index in [1.807, 2.05) is 0 Å². The summed E-state index contributed by atoms with van der Waals surface area (Å²) < 4.78 is 0. The predicted molar refractivity (Wildman–Crippen MR) is 117 cm³/mol. The summed E-state index contributed by atoms with van der Waals surface area (Å²) in [5, 5.41) is 1.75. The standard InChI is InChI=1S/C21H45NSi2/c1-10-20(9)23(11-2,22-21-15-13-12-14-16-21)24(17(3)4,18(5)6)19(7)8/h10,17-19,21-22H,11-16H2,1-9H3/b20-10+. The molecule has 0 spiro atoms. The summed E-state index contributed by atoms with van der Waals surface area (Å²) in [4.78, 5) is 4.49. The zero-order chi connectivity index (χ0) is 18.5. The largest absolute Gasteiger partial charge is 0.333 e. The molecule has 0 radical (unpaired) electrons. The number of hydrogen-bond acceptors (Lipinski definition) is 1. The summed E-state index contributed by atoms with van der Waals surface area (Å²) in [5.74, 6) is 0. The summed E-state index contributed by atoms with van der Waals surface area (Å²) in [6, 6.07) is 2.16. The molecule has 1 atom stereocenters. The third-order valence-electron chi connectivity index (χ3n) is 7.30. The van der Waals surface area contributed by atoms with Crippen molar-refractivity contribution >= 4 is 15.3 Å². The van der Waals surface area contributed by atoms with E-state index in [9.17, 15) is 0 Å². The van der Waals surface area contributed by atoms with Gasteiger partial charge in [-0.15, -0.1) is 0 Å². The Balaban J connectivity index is 3.51. The lowest BCUT2D eigenvalue weighted by atomic mass is 9.96. The summed E-state index contributed by atoms with van der Waals surface area (Å²) in [6.45, 7) is 22.6. The molecule has 1 nitrogen and oxygen atoms in total. The molecule has 1 aliphatic carbocycles. The number of rotatable bonds is 8. The van der Waals surface area contributed by atoms with Crippen molar-refractivity contribution < 1.29 is 0 Å². The highest BCUT2D eigenvalue weighted by atomic mass is 29.3. The summed E-state index contributed by atoms with van der Waals surface area (Å²) in [5.41, 5.74) is 2.53. The minimum atomic E-state index is -1.68. The average Bonchev–Trinajstić information content (AvgIpc) is 2.53. The maximum atomic E-state index is 4.49. The lowest BCUT2D eigenvalue weighted by Crippen LogP contribution is -2.77. The van der Waals surface area contributed by atoms with E-state index in [2.05, 4.69) is 73.4 Å². The Hall–Kier alpha value is 0.134. The molecule has 24 heavy (non-hydrogen) atoms. The monoisotopic (exact) mass is 367 g/mol. The molecule has 1 saturated carbocycles. The molecule has 0 aromatic rings. The van der Waals surface area contributed by atoms with Gasteiger partial charge in [-0.1, -0.05) is 95.6 Å². The summed E-state index contributed by atoms with van der Waals surface area (Å²) >= 11 is 0. The van der Waals surface area contributed by atoms with Crippen LogP contribution < -0.4 is 4.98 Å². The van der Waals surface area contributed by atoms with Crippen LogP contribution in [0.5, 0.6) is 0 Å².